The smallest absolute Gasteiger partial charge is 0.264 e. The fourth-order valence-corrected chi connectivity index (χ4v) is 4.87. The van der Waals surface area contributed by atoms with Crippen LogP contribution in [0.4, 0.5) is 10.1 Å². The van der Waals surface area contributed by atoms with E-state index in [9.17, 15) is 17.6 Å². The minimum atomic E-state index is -4.15. The van der Waals surface area contributed by atoms with Gasteiger partial charge in [-0.15, -0.1) is 0 Å². The van der Waals surface area contributed by atoms with E-state index < -0.39 is 22.4 Å². The Morgan fingerprint density at radius 2 is 1.76 bits per heavy atom. The monoisotopic (exact) mass is 420 g/mol. The maximum absolute atomic E-state index is 13.8. The summed E-state index contributed by atoms with van der Waals surface area (Å²) in [5.74, 6) is -0.116. The van der Waals surface area contributed by atoms with E-state index in [1.165, 1.54) is 36.4 Å². The standard InChI is InChI=1S/C20H21FN2O5S/c21-15-4-3-5-16(12-15)23(14-20(24)22-8-1-2-9-22)29(25,26)17-6-7-18-19(13-17)28-11-10-27-18/h3-7,12-13H,1-2,8-11,14H2. The zero-order chi connectivity index (χ0) is 20.4. The number of likely N-dealkylation sites (tertiary alicyclic amines) is 1. The van der Waals surface area contributed by atoms with Crippen LogP contribution in [0.5, 0.6) is 11.5 Å². The van der Waals surface area contributed by atoms with E-state index in [1.807, 2.05) is 0 Å². The number of benzene rings is 2. The molecule has 0 aliphatic carbocycles. The van der Waals surface area contributed by atoms with Crippen LogP contribution < -0.4 is 13.8 Å². The van der Waals surface area contributed by atoms with Gasteiger partial charge in [-0.3, -0.25) is 9.10 Å². The Hall–Kier alpha value is -2.81. The van der Waals surface area contributed by atoms with E-state index in [1.54, 1.807) is 4.90 Å². The molecule has 9 heteroatoms. The van der Waals surface area contributed by atoms with Crippen molar-refractivity contribution in [1.29, 1.82) is 0 Å². The van der Waals surface area contributed by atoms with Gasteiger partial charge in [-0.05, 0) is 43.2 Å². The second kappa shape index (κ2) is 7.90. The SMILES string of the molecule is O=C(CN(c1cccc(F)c1)S(=O)(=O)c1ccc2c(c1)OCCO2)N1CCCC1. The summed E-state index contributed by atoms with van der Waals surface area (Å²) in [4.78, 5) is 14.3. The predicted octanol–water partition coefficient (Wildman–Crippen LogP) is 2.41. The average Bonchev–Trinajstić information content (AvgIpc) is 3.26. The molecule has 2 heterocycles. The second-order valence-electron chi connectivity index (χ2n) is 6.88. The van der Waals surface area contributed by atoms with Crippen molar-refractivity contribution in [1.82, 2.24) is 4.90 Å². The van der Waals surface area contributed by atoms with Crippen LogP contribution in [0.1, 0.15) is 12.8 Å². The van der Waals surface area contributed by atoms with Crippen molar-refractivity contribution in [3.05, 3.63) is 48.3 Å². The third kappa shape index (κ3) is 4.00. The number of rotatable bonds is 5. The van der Waals surface area contributed by atoms with Gasteiger partial charge in [-0.2, -0.15) is 0 Å². The lowest BCUT2D eigenvalue weighted by Crippen LogP contribution is -2.42. The third-order valence-electron chi connectivity index (χ3n) is 4.94. The highest BCUT2D eigenvalue weighted by Gasteiger charge is 2.31. The summed E-state index contributed by atoms with van der Waals surface area (Å²) >= 11 is 0. The van der Waals surface area contributed by atoms with Gasteiger partial charge in [0, 0.05) is 19.2 Å². The van der Waals surface area contributed by atoms with Gasteiger partial charge < -0.3 is 14.4 Å². The van der Waals surface area contributed by atoms with Gasteiger partial charge in [0.05, 0.1) is 10.6 Å². The molecule has 2 aliphatic heterocycles. The largest absolute Gasteiger partial charge is 0.486 e. The number of carbonyl (C=O) groups excluding carboxylic acids is 1. The Kier molecular flexibility index (Phi) is 5.31. The van der Waals surface area contributed by atoms with Crippen LogP contribution in [0.3, 0.4) is 0 Å². The van der Waals surface area contributed by atoms with Crippen molar-refractivity contribution in [3.63, 3.8) is 0 Å². The summed E-state index contributed by atoms with van der Waals surface area (Å²) < 4.78 is 52.5. The molecule has 0 spiro atoms. The van der Waals surface area contributed by atoms with E-state index in [4.69, 9.17) is 9.47 Å². The number of anilines is 1. The number of halogens is 1. The van der Waals surface area contributed by atoms with Crippen LogP contribution in [-0.4, -0.2) is 52.1 Å². The number of hydrogen-bond donors (Lipinski definition) is 0. The first-order valence-corrected chi connectivity index (χ1v) is 10.8. The summed E-state index contributed by atoms with van der Waals surface area (Å²) in [7, 11) is -4.15. The van der Waals surface area contributed by atoms with Gasteiger partial charge in [-0.25, -0.2) is 12.8 Å². The van der Waals surface area contributed by atoms with Crippen molar-refractivity contribution >= 4 is 21.6 Å². The number of ether oxygens (including phenoxy) is 2. The molecule has 7 nitrogen and oxygen atoms in total. The average molecular weight is 420 g/mol. The lowest BCUT2D eigenvalue weighted by molar-refractivity contribution is -0.128. The molecule has 1 saturated heterocycles. The third-order valence-corrected chi connectivity index (χ3v) is 6.71. The summed E-state index contributed by atoms with van der Waals surface area (Å²) in [6.07, 6.45) is 1.78. The molecule has 29 heavy (non-hydrogen) atoms. The fraction of sp³-hybridized carbons (Fsp3) is 0.350. The van der Waals surface area contributed by atoms with Crippen molar-refractivity contribution in [2.24, 2.45) is 0 Å². The van der Waals surface area contributed by atoms with Crippen LogP contribution in [0.2, 0.25) is 0 Å². The number of fused-ring (bicyclic) bond motifs is 1. The molecule has 0 bridgehead atoms. The molecular weight excluding hydrogens is 399 g/mol. The molecular formula is C20H21FN2O5S. The molecule has 2 aromatic rings. The Labute approximate surface area is 168 Å². The van der Waals surface area contributed by atoms with E-state index in [2.05, 4.69) is 0 Å². The molecule has 0 radical (unpaired) electrons. The highest BCUT2D eigenvalue weighted by Crippen LogP contribution is 2.34. The van der Waals surface area contributed by atoms with Gasteiger partial charge in [-0.1, -0.05) is 6.07 Å². The topological polar surface area (TPSA) is 76.2 Å². The van der Waals surface area contributed by atoms with Gasteiger partial charge >= 0.3 is 0 Å². The lowest BCUT2D eigenvalue weighted by Gasteiger charge is -2.27. The number of nitrogens with zero attached hydrogens (tertiary/aromatic N) is 2. The molecule has 0 aromatic heterocycles. The number of sulfonamides is 1. The van der Waals surface area contributed by atoms with E-state index in [0.717, 1.165) is 23.2 Å². The maximum atomic E-state index is 13.8. The van der Waals surface area contributed by atoms with Crippen LogP contribution in [-0.2, 0) is 14.8 Å². The zero-order valence-electron chi connectivity index (χ0n) is 15.7. The van der Waals surface area contributed by atoms with Crippen molar-refractivity contribution in [3.8, 4) is 11.5 Å². The summed E-state index contributed by atoms with van der Waals surface area (Å²) in [5.41, 5.74) is 0.0902. The highest BCUT2D eigenvalue weighted by atomic mass is 32.2. The van der Waals surface area contributed by atoms with E-state index >= 15 is 0 Å². The van der Waals surface area contributed by atoms with Crippen LogP contribution >= 0.6 is 0 Å². The summed E-state index contributed by atoms with van der Waals surface area (Å²) in [6.45, 7) is 1.50. The predicted molar refractivity (Wildman–Crippen MR) is 104 cm³/mol. The Bertz CT molecular complexity index is 1020. The number of amides is 1. The quantitative estimate of drug-likeness (QED) is 0.743. The summed E-state index contributed by atoms with van der Waals surface area (Å²) in [5, 5.41) is 0. The Morgan fingerprint density at radius 1 is 1.03 bits per heavy atom. The van der Waals surface area contributed by atoms with Crippen LogP contribution in [0, 0.1) is 5.82 Å². The molecule has 0 atom stereocenters. The van der Waals surface area contributed by atoms with Crippen LogP contribution in [0.15, 0.2) is 47.4 Å². The van der Waals surface area contributed by atoms with Gasteiger partial charge in [0.2, 0.25) is 5.91 Å². The maximum Gasteiger partial charge on any atom is 0.264 e. The molecule has 0 saturated carbocycles. The summed E-state index contributed by atoms with van der Waals surface area (Å²) in [6, 6.07) is 9.50. The van der Waals surface area contributed by atoms with E-state index in [-0.39, 0.29) is 16.5 Å². The van der Waals surface area contributed by atoms with Crippen molar-refractivity contribution in [2.45, 2.75) is 17.7 Å². The molecule has 2 aromatic carbocycles. The number of carbonyl (C=O) groups is 1. The van der Waals surface area contributed by atoms with E-state index in [0.29, 0.717) is 37.8 Å². The number of hydrogen-bond acceptors (Lipinski definition) is 5. The normalized spacial score (nSPS) is 16.0. The van der Waals surface area contributed by atoms with Crippen molar-refractivity contribution in [2.75, 3.05) is 37.2 Å². The highest BCUT2D eigenvalue weighted by molar-refractivity contribution is 7.92. The van der Waals surface area contributed by atoms with Crippen LogP contribution in [0.25, 0.3) is 0 Å². The molecule has 0 unspecified atom stereocenters. The molecule has 1 fully saturated rings. The first kappa shape index (κ1) is 19.5. The van der Waals surface area contributed by atoms with Gasteiger partial charge in [0.25, 0.3) is 10.0 Å². The molecule has 4 rings (SSSR count). The first-order chi connectivity index (χ1) is 13.9. The Balaban J connectivity index is 1.71. The van der Waals surface area contributed by atoms with Gasteiger partial charge in [0.1, 0.15) is 25.6 Å². The lowest BCUT2D eigenvalue weighted by atomic mass is 10.3. The Morgan fingerprint density at radius 3 is 2.48 bits per heavy atom. The molecule has 0 N–H and O–H groups in total. The zero-order valence-corrected chi connectivity index (χ0v) is 16.5. The minimum absolute atomic E-state index is 0.0553. The molecule has 2 aliphatic rings. The molecule has 154 valence electrons. The van der Waals surface area contributed by atoms with Crippen molar-refractivity contribution < 1.29 is 27.1 Å². The fourth-order valence-electron chi connectivity index (χ4n) is 3.45. The minimum Gasteiger partial charge on any atom is -0.486 e. The van der Waals surface area contributed by atoms with Gasteiger partial charge in [0.15, 0.2) is 11.5 Å². The second-order valence-corrected chi connectivity index (χ2v) is 8.75. The first-order valence-electron chi connectivity index (χ1n) is 9.41. The molecule has 1 amide bonds.